The van der Waals surface area contributed by atoms with Crippen LogP contribution in [0.15, 0.2) is 78.9 Å². The molecule has 0 atom stereocenters. The summed E-state index contributed by atoms with van der Waals surface area (Å²) in [4.78, 5) is 31.7. The van der Waals surface area contributed by atoms with Crippen LogP contribution in [0, 0.1) is 11.3 Å². The lowest BCUT2D eigenvalue weighted by Gasteiger charge is -2.21. The monoisotopic (exact) mass is 441 g/mol. The van der Waals surface area contributed by atoms with Gasteiger partial charge in [0.2, 0.25) is 0 Å². The van der Waals surface area contributed by atoms with Crippen LogP contribution < -0.4 is 4.90 Å². The van der Waals surface area contributed by atoms with E-state index in [0.29, 0.717) is 21.8 Å². The highest BCUT2D eigenvalue weighted by Crippen LogP contribution is 2.32. The molecule has 0 N–H and O–H groups in total. The van der Waals surface area contributed by atoms with Crippen molar-refractivity contribution < 1.29 is 14.3 Å². The highest BCUT2D eigenvalue weighted by molar-refractivity contribution is 7.21. The van der Waals surface area contributed by atoms with E-state index >= 15 is 0 Å². The van der Waals surface area contributed by atoms with Crippen molar-refractivity contribution in [3.63, 3.8) is 0 Å². The van der Waals surface area contributed by atoms with Gasteiger partial charge in [0.05, 0.1) is 28.3 Å². The van der Waals surface area contributed by atoms with E-state index in [9.17, 15) is 9.59 Å². The van der Waals surface area contributed by atoms with Crippen molar-refractivity contribution in [2.75, 3.05) is 18.1 Å². The number of nitriles is 1. The molecule has 0 spiro atoms. The zero-order valence-corrected chi connectivity index (χ0v) is 17.9. The third kappa shape index (κ3) is 4.66. The quantitative estimate of drug-likeness (QED) is 0.374. The predicted molar refractivity (Wildman–Crippen MR) is 124 cm³/mol. The van der Waals surface area contributed by atoms with Crippen LogP contribution >= 0.6 is 11.3 Å². The number of hydrogen-bond donors (Lipinski definition) is 0. The normalized spacial score (nSPS) is 10.5. The maximum atomic E-state index is 12.9. The van der Waals surface area contributed by atoms with Crippen molar-refractivity contribution >= 4 is 39.1 Å². The number of benzene rings is 3. The molecule has 0 saturated heterocycles. The van der Waals surface area contributed by atoms with Crippen LogP contribution in [0.5, 0.6) is 0 Å². The molecule has 0 aliphatic rings. The molecule has 4 aromatic rings. The van der Waals surface area contributed by atoms with Gasteiger partial charge in [-0.2, -0.15) is 5.26 Å². The molecule has 0 unspecified atom stereocenters. The summed E-state index contributed by atoms with van der Waals surface area (Å²) in [6.45, 7) is -0.202. The first-order chi connectivity index (χ1) is 15.7. The van der Waals surface area contributed by atoms with Gasteiger partial charge in [0.15, 0.2) is 6.61 Å². The molecule has 158 valence electrons. The zero-order valence-electron chi connectivity index (χ0n) is 17.1. The van der Waals surface area contributed by atoms with E-state index in [1.807, 2.05) is 60.7 Å². The van der Waals surface area contributed by atoms with Crippen LogP contribution in [0.2, 0.25) is 0 Å². The molecule has 0 saturated carbocycles. The third-order valence-corrected chi connectivity index (χ3v) is 5.88. The number of ether oxygens (including phenoxy) is 1. The molecule has 0 aliphatic heterocycles. The average Bonchev–Trinajstić information content (AvgIpc) is 3.28. The maximum absolute atomic E-state index is 12.9. The molecule has 1 amide bonds. The lowest BCUT2D eigenvalue weighted by molar-refractivity contribution is -0.121. The molecule has 1 aromatic heterocycles. The number of thiazole rings is 1. The number of para-hydroxylation sites is 2. The summed E-state index contributed by atoms with van der Waals surface area (Å²) in [7, 11) is 0. The van der Waals surface area contributed by atoms with Crippen molar-refractivity contribution in [3.05, 3.63) is 84.4 Å². The molecular formula is C25H19N3O3S. The van der Waals surface area contributed by atoms with Crippen LogP contribution in [0.25, 0.3) is 20.8 Å². The van der Waals surface area contributed by atoms with Crippen LogP contribution in [-0.4, -0.2) is 30.0 Å². The Labute approximate surface area is 189 Å². The molecule has 4 rings (SSSR count). The lowest BCUT2D eigenvalue weighted by atomic mass is 10.1. The highest BCUT2D eigenvalue weighted by atomic mass is 32.1. The molecule has 6 nitrogen and oxygen atoms in total. The Morgan fingerprint density at radius 1 is 0.969 bits per heavy atom. The van der Waals surface area contributed by atoms with Crippen LogP contribution in [-0.2, 0) is 9.53 Å². The van der Waals surface area contributed by atoms with E-state index in [1.54, 1.807) is 24.3 Å². The Kier molecular flexibility index (Phi) is 6.54. The van der Waals surface area contributed by atoms with Crippen molar-refractivity contribution in [2.24, 2.45) is 0 Å². The van der Waals surface area contributed by atoms with Gasteiger partial charge >= 0.3 is 5.97 Å². The van der Waals surface area contributed by atoms with E-state index < -0.39 is 18.5 Å². The summed E-state index contributed by atoms with van der Waals surface area (Å²) in [6, 6.07) is 25.9. The largest absolute Gasteiger partial charge is 0.452 e. The van der Waals surface area contributed by atoms with Gasteiger partial charge in [0, 0.05) is 17.8 Å². The number of carbonyl (C=O) groups is 2. The fourth-order valence-corrected chi connectivity index (χ4v) is 4.29. The molecule has 0 aliphatic carbocycles. The Hall–Kier alpha value is -4.02. The highest BCUT2D eigenvalue weighted by Gasteiger charge is 2.20. The Balaban J connectivity index is 1.52. The van der Waals surface area contributed by atoms with E-state index in [0.717, 1.165) is 10.2 Å². The number of hydrogen-bond acceptors (Lipinski definition) is 6. The number of anilines is 1. The van der Waals surface area contributed by atoms with Gasteiger partial charge < -0.3 is 9.64 Å². The number of fused-ring (bicyclic) bond motifs is 1. The second-order valence-electron chi connectivity index (χ2n) is 6.90. The SMILES string of the molecule is N#CCCN(C(=O)COC(=O)c1ccccc1-c1nc2ccccc2s1)c1ccccc1. The molecule has 3 aromatic carbocycles. The van der Waals surface area contributed by atoms with Crippen molar-refractivity contribution in [3.8, 4) is 16.6 Å². The van der Waals surface area contributed by atoms with Gasteiger partial charge in [-0.1, -0.05) is 48.5 Å². The van der Waals surface area contributed by atoms with Gasteiger partial charge in [-0.05, 0) is 30.3 Å². The van der Waals surface area contributed by atoms with Gasteiger partial charge in [-0.25, -0.2) is 9.78 Å². The molecule has 7 heteroatoms. The summed E-state index contributed by atoms with van der Waals surface area (Å²) in [5.74, 6) is -0.987. The van der Waals surface area contributed by atoms with Gasteiger partial charge in [-0.15, -0.1) is 11.3 Å². The Morgan fingerprint density at radius 3 is 2.47 bits per heavy atom. The summed E-state index contributed by atoms with van der Waals surface area (Å²) < 4.78 is 6.40. The van der Waals surface area contributed by atoms with Crippen LogP contribution in [0.4, 0.5) is 5.69 Å². The summed E-state index contributed by atoms with van der Waals surface area (Å²) >= 11 is 1.49. The van der Waals surface area contributed by atoms with Crippen molar-refractivity contribution in [1.82, 2.24) is 4.98 Å². The van der Waals surface area contributed by atoms with Crippen LogP contribution in [0.3, 0.4) is 0 Å². The van der Waals surface area contributed by atoms with Crippen molar-refractivity contribution in [2.45, 2.75) is 6.42 Å². The van der Waals surface area contributed by atoms with Gasteiger partial charge in [0.1, 0.15) is 5.01 Å². The maximum Gasteiger partial charge on any atom is 0.339 e. The second-order valence-corrected chi connectivity index (χ2v) is 7.93. The smallest absolute Gasteiger partial charge is 0.339 e. The van der Waals surface area contributed by atoms with Crippen LogP contribution in [0.1, 0.15) is 16.8 Å². The average molecular weight is 442 g/mol. The molecule has 1 heterocycles. The first-order valence-corrected chi connectivity index (χ1v) is 10.8. The minimum Gasteiger partial charge on any atom is -0.452 e. The summed E-state index contributed by atoms with van der Waals surface area (Å²) in [5.41, 5.74) is 2.53. The number of rotatable bonds is 7. The minimum atomic E-state index is -0.596. The molecule has 0 bridgehead atoms. The summed E-state index contributed by atoms with van der Waals surface area (Å²) in [5, 5.41) is 9.64. The lowest BCUT2D eigenvalue weighted by Crippen LogP contribution is -2.35. The fraction of sp³-hybridized carbons (Fsp3) is 0.120. The first-order valence-electron chi connectivity index (χ1n) is 10.0. The first kappa shape index (κ1) is 21.2. The Morgan fingerprint density at radius 2 is 1.69 bits per heavy atom. The van der Waals surface area contributed by atoms with E-state index in [-0.39, 0.29) is 13.0 Å². The number of carbonyl (C=O) groups excluding carboxylic acids is 2. The molecular weight excluding hydrogens is 422 g/mol. The third-order valence-electron chi connectivity index (χ3n) is 4.81. The molecule has 32 heavy (non-hydrogen) atoms. The van der Waals surface area contributed by atoms with E-state index in [4.69, 9.17) is 10.00 Å². The zero-order chi connectivity index (χ0) is 22.3. The number of aromatic nitrogens is 1. The number of esters is 1. The molecule has 0 fully saturated rings. The standard InChI is InChI=1S/C25H19N3O3S/c26-15-8-16-28(18-9-2-1-3-10-18)23(29)17-31-25(30)20-12-5-4-11-19(20)24-27-21-13-6-7-14-22(21)32-24/h1-7,9-14H,8,16-17H2. The number of amides is 1. The molecule has 0 radical (unpaired) electrons. The number of nitrogens with zero attached hydrogens (tertiary/aromatic N) is 3. The van der Waals surface area contributed by atoms with Crippen molar-refractivity contribution in [1.29, 1.82) is 5.26 Å². The summed E-state index contributed by atoms with van der Waals surface area (Å²) in [6.07, 6.45) is 0.176. The predicted octanol–water partition coefficient (Wildman–Crippen LogP) is 5.07. The topological polar surface area (TPSA) is 83.3 Å². The van der Waals surface area contributed by atoms with Gasteiger partial charge in [-0.3, -0.25) is 4.79 Å². The van der Waals surface area contributed by atoms with Gasteiger partial charge in [0.25, 0.3) is 5.91 Å². The van der Waals surface area contributed by atoms with E-state index in [1.165, 1.54) is 16.2 Å². The minimum absolute atomic E-state index is 0.176. The second kappa shape index (κ2) is 9.86. The Bertz CT molecular complexity index is 1260. The fourth-order valence-electron chi connectivity index (χ4n) is 3.29. The van der Waals surface area contributed by atoms with E-state index in [2.05, 4.69) is 4.98 Å².